The zero-order valence-electron chi connectivity index (χ0n) is 15.1. The van der Waals surface area contributed by atoms with Crippen LogP contribution in [0.4, 0.5) is 5.69 Å². The van der Waals surface area contributed by atoms with Gasteiger partial charge in [0.1, 0.15) is 18.8 Å². The van der Waals surface area contributed by atoms with Crippen LogP contribution in [0.15, 0.2) is 54.9 Å². The smallest absolute Gasteiger partial charge is 0.213 e. The lowest BCUT2D eigenvalue weighted by atomic mass is 10.1. The Labute approximate surface area is 158 Å². The van der Waals surface area contributed by atoms with Crippen molar-refractivity contribution in [2.24, 2.45) is 0 Å². The van der Waals surface area contributed by atoms with Gasteiger partial charge in [-0.25, -0.2) is 4.98 Å². The molecule has 0 amide bonds. The van der Waals surface area contributed by atoms with E-state index < -0.39 is 0 Å². The topological polar surface area (TPSA) is 71.3 Å². The first-order valence-electron chi connectivity index (χ1n) is 8.96. The van der Waals surface area contributed by atoms with Gasteiger partial charge < -0.3 is 14.4 Å². The summed E-state index contributed by atoms with van der Waals surface area (Å²) in [6, 6.07) is 15.6. The van der Waals surface area contributed by atoms with Gasteiger partial charge >= 0.3 is 0 Å². The molecule has 0 aliphatic carbocycles. The lowest BCUT2D eigenvalue weighted by Gasteiger charge is -2.38. The summed E-state index contributed by atoms with van der Waals surface area (Å²) in [5.74, 6) is 0.596. The average Bonchev–Trinajstić information content (AvgIpc) is 2.72. The maximum atomic E-state index is 9.35. The van der Waals surface area contributed by atoms with Crippen molar-refractivity contribution in [2.75, 3.05) is 24.6 Å². The average molecular weight is 360 g/mol. The van der Waals surface area contributed by atoms with E-state index in [9.17, 15) is 5.26 Å². The Kier molecular flexibility index (Phi) is 4.86. The second-order valence-corrected chi connectivity index (χ2v) is 6.60. The number of ether oxygens (including phenoxy) is 2. The van der Waals surface area contributed by atoms with Gasteiger partial charge in [0.25, 0.3) is 0 Å². The van der Waals surface area contributed by atoms with Crippen LogP contribution in [0.2, 0.25) is 0 Å². The standard InChI is InChI=1S/C21H20N4O2/c1-15-12-25(13-17(27-15)14-26-20-6-2-3-9-23-20)19-8-7-16(11-22)21-18(19)5-4-10-24-21/h2-10,15,17H,12-14H2,1H3/t15-,17-/m1/s1. The third-order valence-corrected chi connectivity index (χ3v) is 4.59. The molecule has 6 nitrogen and oxygen atoms in total. The number of rotatable bonds is 4. The third kappa shape index (κ3) is 3.69. The molecule has 3 heterocycles. The van der Waals surface area contributed by atoms with Gasteiger partial charge in [-0.05, 0) is 37.3 Å². The molecule has 0 N–H and O–H groups in total. The molecule has 0 radical (unpaired) electrons. The van der Waals surface area contributed by atoms with Crippen LogP contribution in [-0.2, 0) is 4.74 Å². The fourth-order valence-corrected chi connectivity index (χ4v) is 3.47. The monoisotopic (exact) mass is 360 g/mol. The van der Waals surface area contributed by atoms with Crippen molar-refractivity contribution in [2.45, 2.75) is 19.1 Å². The van der Waals surface area contributed by atoms with E-state index in [-0.39, 0.29) is 12.2 Å². The van der Waals surface area contributed by atoms with Gasteiger partial charge in [-0.2, -0.15) is 5.26 Å². The van der Waals surface area contributed by atoms with Gasteiger partial charge in [-0.1, -0.05) is 6.07 Å². The predicted molar refractivity (Wildman–Crippen MR) is 103 cm³/mol. The third-order valence-electron chi connectivity index (χ3n) is 4.59. The van der Waals surface area contributed by atoms with Crippen molar-refractivity contribution in [3.8, 4) is 11.9 Å². The highest BCUT2D eigenvalue weighted by Gasteiger charge is 2.27. The highest BCUT2D eigenvalue weighted by Crippen LogP contribution is 2.30. The molecular formula is C21H20N4O2. The van der Waals surface area contributed by atoms with Crippen molar-refractivity contribution in [1.82, 2.24) is 9.97 Å². The zero-order chi connectivity index (χ0) is 18.6. The van der Waals surface area contributed by atoms with Crippen LogP contribution in [0.25, 0.3) is 10.9 Å². The Bertz CT molecular complexity index is 971. The van der Waals surface area contributed by atoms with Gasteiger partial charge in [0.2, 0.25) is 5.88 Å². The normalized spacial score (nSPS) is 19.6. The molecule has 27 heavy (non-hydrogen) atoms. The summed E-state index contributed by atoms with van der Waals surface area (Å²) in [4.78, 5) is 10.9. The van der Waals surface area contributed by atoms with Gasteiger partial charge in [0.15, 0.2) is 0 Å². The molecular weight excluding hydrogens is 340 g/mol. The van der Waals surface area contributed by atoms with Crippen molar-refractivity contribution in [3.63, 3.8) is 0 Å². The molecule has 0 spiro atoms. The van der Waals surface area contributed by atoms with E-state index in [1.54, 1.807) is 12.4 Å². The van der Waals surface area contributed by atoms with E-state index in [2.05, 4.69) is 27.9 Å². The summed E-state index contributed by atoms with van der Waals surface area (Å²) in [6.07, 6.45) is 3.43. The first-order valence-corrected chi connectivity index (χ1v) is 8.96. The minimum atomic E-state index is -0.0712. The number of hydrogen-bond acceptors (Lipinski definition) is 6. The molecule has 2 aromatic heterocycles. The SMILES string of the molecule is C[C@@H]1CN(c2ccc(C#N)c3ncccc23)C[C@H](COc2ccccn2)O1. The number of pyridine rings is 2. The van der Waals surface area contributed by atoms with Crippen molar-refractivity contribution >= 4 is 16.6 Å². The number of anilines is 1. The quantitative estimate of drug-likeness (QED) is 0.712. The molecule has 6 heteroatoms. The number of fused-ring (bicyclic) bond motifs is 1. The summed E-state index contributed by atoms with van der Waals surface area (Å²) >= 11 is 0. The first-order chi connectivity index (χ1) is 13.2. The molecule has 0 unspecified atom stereocenters. The van der Waals surface area contributed by atoms with Gasteiger partial charge in [-0.3, -0.25) is 4.98 Å². The maximum absolute atomic E-state index is 9.35. The summed E-state index contributed by atoms with van der Waals surface area (Å²) in [5.41, 5.74) is 2.39. The molecule has 0 saturated carbocycles. The van der Waals surface area contributed by atoms with Gasteiger partial charge in [0, 0.05) is 42.6 Å². The van der Waals surface area contributed by atoms with E-state index in [0.29, 0.717) is 24.6 Å². The zero-order valence-corrected chi connectivity index (χ0v) is 15.1. The lowest BCUT2D eigenvalue weighted by Crippen LogP contribution is -2.49. The molecule has 1 aromatic carbocycles. The molecule has 1 fully saturated rings. The molecule has 1 saturated heterocycles. The molecule has 0 bridgehead atoms. The van der Waals surface area contributed by atoms with Crippen LogP contribution in [-0.4, -0.2) is 41.9 Å². The maximum Gasteiger partial charge on any atom is 0.213 e. The van der Waals surface area contributed by atoms with Gasteiger partial charge in [0.05, 0.1) is 17.2 Å². The number of aromatic nitrogens is 2. The van der Waals surface area contributed by atoms with E-state index in [1.165, 1.54) is 0 Å². The minimum absolute atomic E-state index is 0.0680. The van der Waals surface area contributed by atoms with E-state index in [0.717, 1.165) is 23.1 Å². The molecule has 4 rings (SSSR count). The number of benzene rings is 1. The molecule has 136 valence electrons. The highest BCUT2D eigenvalue weighted by molar-refractivity contribution is 5.95. The lowest BCUT2D eigenvalue weighted by molar-refractivity contribution is -0.0376. The van der Waals surface area contributed by atoms with Crippen molar-refractivity contribution in [1.29, 1.82) is 5.26 Å². The Morgan fingerprint density at radius 3 is 2.85 bits per heavy atom. The van der Waals surface area contributed by atoms with E-state index in [1.807, 2.05) is 42.5 Å². The van der Waals surface area contributed by atoms with Crippen molar-refractivity contribution in [3.05, 3.63) is 60.4 Å². The molecule has 3 aromatic rings. The van der Waals surface area contributed by atoms with E-state index in [4.69, 9.17) is 9.47 Å². The van der Waals surface area contributed by atoms with Crippen LogP contribution in [0.3, 0.4) is 0 Å². The molecule has 1 aliphatic heterocycles. The van der Waals surface area contributed by atoms with Crippen LogP contribution < -0.4 is 9.64 Å². The summed E-state index contributed by atoms with van der Waals surface area (Å²) in [6.45, 7) is 3.97. The molecule has 1 aliphatic rings. The summed E-state index contributed by atoms with van der Waals surface area (Å²) < 4.78 is 11.8. The summed E-state index contributed by atoms with van der Waals surface area (Å²) in [5, 5.41) is 10.3. The first kappa shape index (κ1) is 17.3. The van der Waals surface area contributed by atoms with Crippen LogP contribution in [0.5, 0.6) is 5.88 Å². The number of morpholine rings is 1. The summed E-state index contributed by atoms with van der Waals surface area (Å²) in [7, 11) is 0. The van der Waals surface area contributed by atoms with Crippen LogP contribution in [0.1, 0.15) is 12.5 Å². The Morgan fingerprint density at radius 2 is 2.04 bits per heavy atom. The van der Waals surface area contributed by atoms with Crippen molar-refractivity contribution < 1.29 is 9.47 Å². The van der Waals surface area contributed by atoms with Crippen LogP contribution >= 0.6 is 0 Å². The number of nitriles is 1. The highest BCUT2D eigenvalue weighted by atomic mass is 16.5. The Balaban J connectivity index is 1.57. The second-order valence-electron chi connectivity index (χ2n) is 6.60. The largest absolute Gasteiger partial charge is 0.475 e. The molecule has 2 atom stereocenters. The Hall–Kier alpha value is -3.17. The predicted octanol–water partition coefficient (Wildman–Crippen LogP) is 3.17. The minimum Gasteiger partial charge on any atom is -0.475 e. The Morgan fingerprint density at radius 1 is 1.15 bits per heavy atom. The number of nitrogens with zero attached hydrogens (tertiary/aromatic N) is 4. The fraction of sp³-hybridized carbons (Fsp3) is 0.286. The van der Waals surface area contributed by atoms with Gasteiger partial charge in [-0.15, -0.1) is 0 Å². The fourth-order valence-electron chi connectivity index (χ4n) is 3.47. The van der Waals surface area contributed by atoms with Crippen LogP contribution in [0, 0.1) is 11.3 Å². The number of hydrogen-bond donors (Lipinski definition) is 0. The van der Waals surface area contributed by atoms with E-state index >= 15 is 0 Å². The second kappa shape index (κ2) is 7.60.